The fourth-order valence-electron chi connectivity index (χ4n) is 5.53. The van der Waals surface area contributed by atoms with Gasteiger partial charge in [-0.2, -0.15) is 0 Å². The summed E-state index contributed by atoms with van der Waals surface area (Å²) in [4.78, 5) is 51.3. The Morgan fingerprint density at radius 3 is 1.96 bits per heavy atom. The number of benzene rings is 2. The normalized spacial score (nSPS) is 15.8. The molecule has 1 aromatic heterocycles. The van der Waals surface area contributed by atoms with E-state index in [1.807, 2.05) is 92.3 Å². The first-order valence-corrected chi connectivity index (χ1v) is 17.2. The van der Waals surface area contributed by atoms with Crippen LogP contribution in [0.15, 0.2) is 53.7 Å². The van der Waals surface area contributed by atoms with E-state index < -0.39 is 23.5 Å². The monoisotopic (exact) mass is 678 g/mol. The third-order valence-electron chi connectivity index (χ3n) is 7.99. The Kier molecular flexibility index (Phi) is 12.4. The molecule has 0 saturated carbocycles. The quantitative estimate of drug-likeness (QED) is 0.132. The number of methoxy groups -OCH3 is 2. The summed E-state index contributed by atoms with van der Waals surface area (Å²) in [5.74, 6) is 1.05. The Hall–Kier alpha value is -4.23. The van der Waals surface area contributed by atoms with Crippen LogP contribution in [-0.2, 0) is 22.6 Å². The van der Waals surface area contributed by atoms with E-state index >= 15 is 0 Å². The van der Waals surface area contributed by atoms with Gasteiger partial charge in [0, 0.05) is 45.2 Å². The number of rotatable bonds is 13. The minimum atomic E-state index is -1.11. The highest BCUT2D eigenvalue weighted by Gasteiger charge is 2.41. The minimum Gasteiger partial charge on any atom is -0.497 e. The van der Waals surface area contributed by atoms with Crippen LogP contribution in [0, 0.1) is 0 Å². The zero-order valence-electron chi connectivity index (χ0n) is 29.1. The van der Waals surface area contributed by atoms with Gasteiger partial charge < -0.3 is 24.0 Å². The van der Waals surface area contributed by atoms with Crippen molar-refractivity contribution in [3.63, 3.8) is 0 Å². The summed E-state index contributed by atoms with van der Waals surface area (Å²) in [5.41, 5.74) is 1.34. The van der Waals surface area contributed by atoms with Crippen molar-refractivity contribution < 1.29 is 28.6 Å². The first kappa shape index (κ1) is 36.6. The van der Waals surface area contributed by atoms with Crippen molar-refractivity contribution in [3.8, 4) is 11.5 Å². The summed E-state index contributed by atoms with van der Waals surface area (Å²) < 4.78 is 16.3. The van der Waals surface area contributed by atoms with Crippen molar-refractivity contribution in [1.82, 2.24) is 25.0 Å². The number of ketones is 2. The molecule has 1 unspecified atom stereocenters. The van der Waals surface area contributed by atoms with Gasteiger partial charge in [-0.25, -0.2) is 9.78 Å². The molecule has 1 aliphatic rings. The van der Waals surface area contributed by atoms with Gasteiger partial charge in [-0.3, -0.25) is 14.5 Å². The molecule has 258 valence electrons. The number of aromatic nitrogens is 3. The Morgan fingerprint density at radius 1 is 0.938 bits per heavy atom. The predicted molar refractivity (Wildman–Crippen MR) is 185 cm³/mol. The largest absolute Gasteiger partial charge is 0.497 e. The van der Waals surface area contributed by atoms with Gasteiger partial charge in [-0.15, -0.1) is 10.2 Å². The number of nitrogens with zero attached hydrogens (tertiary/aromatic N) is 6. The summed E-state index contributed by atoms with van der Waals surface area (Å²) in [5, 5.41) is 9.20. The average molecular weight is 679 g/mol. The second kappa shape index (κ2) is 16.2. The number of carbonyl (C=O) groups is 3. The van der Waals surface area contributed by atoms with E-state index in [0.717, 1.165) is 22.6 Å². The van der Waals surface area contributed by atoms with Gasteiger partial charge in [0.05, 0.1) is 14.2 Å². The topological polar surface area (TPSA) is 127 Å². The second-order valence-corrected chi connectivity index (χ2v) is 13.4. The van der Waals surface area contributed by atoms with Gasteiger partial charge in [0.1, 0.15) is 23.1 Å². The Morgan fingerprint density at radius 2 is 1.50 bits per heavy atom. The number of hydrogen-bond donors (Lipinski definition) is 0. The molecule has 0 N–H and O–H groups in total. The van der Waals surface area contributed by atoms with Crippen LogP contribution in [0.4, 0.5) is 10.6 Å². The van der Waals surface area contributed by atoms with Crippen molar-refractivity contribution >= 4 is 35.2 Å². The van der Waals surface area contributed by atoms with Gasteiger partial charge in [0.25, 0.3) is 0 Å². The summed E-state index contributed by atoms with van der Waals surface area (Å²) in [6.45, 7) is 10.8. The minimum absolute atomic E-state index is 0.0740. The first-order valence-electron chi connectivity index (χ1n) is 16.0. The molecule has 2 atom stereocenters. The van der Waals surface area contributed by atoms with Crippen molar-refractivity contribution in [1.29, 1.82) is 0 Å². The molecule has 1 fully saturated rings. The molecule has 1 amide bonds. The highest BCUT2D eigenvalue weighted by Crippen LogP contribution is 2.28. The zero-order valence-corrected chi connectivity index (χ0v) is 29.9. The van der Waals surface area contributed by atoms with Crippen LogP contribution in [-0.4, -0.2) is 100 Å². The van der Waals surface area contributed by atoms with Crippen LogP contribution in [0.25, 0.3) is 0 Å². The Balaban J connectivity index is 1.73. The van der Waals surface area contributed by atoms with Gasteiger partial charge in [0.2, 0.25) is 10.9 Å². The van der Waals surface area contributed by atoms with Gasteiger partial charge >= 0.3 is 6.09 Å². The van der Waals surface area contributed by atoms with Gasteiger partial charge in [-0.1, -0.05) is 43.0 Å². The molecule has 2 aromatic carbocycles. The van der Waals surface area contributed by atoms with Crippen LogP contribution >= 0.6 is 11.8 Å². The number of hydrogen-bond acceptors (Lipinski definition) is 12. The first-order chi connectivity index (χ1) is 22.9. The molecule has 0 bridgehead atoms. The maximum atomic E-state index is 14.7. The van der Waals surface area contributed by atoms with E-state index in [1.54, 1.807) is 26.0 Å². The third kappa shape index (κ3) is 9.22. The van der Waals surface area contributed by atoms with E-state index in [0.29, 0.717) is 37.9 Å². The molecular weight excluding hydrogens is 632 g/mol. The highest BCUT2D eigenvalue weighted by molar-refractivity contribution is 7.98. The molecule has 0 radical (unpaired) electrons. The Labute approximate surface area is 287 Å². The molecule has 2 heterocycles. The fourth-order valence-corrected chi connectivity index (χ4v) is 5.84. The van der Waals surface area contributed by atoms with Crippen LogP contribution in [0.1, 0.15) is 62.7 Å². The lowest BCUT2D eigenvalue weighted by Gasteiger charge is -2.42. The number of anilines is 1. The number of ether oxygens (including phenoxy) is 3. The maximum Gasteiger partial charge on any atom is 0.410 e. The molecule has 1 aliphatic heterocycles. The molecule has 0 spiro atoms. The number of carbonyl (C=O) groups excluding carboxylic acids is 3. The number of thioether (sulfide) groups is 1. The van der Waals surface area contributed by atoms with Gasteiger partial charge in [0.15, 0.2) is 17.3 Å². The third-order valence-corrected chi connectivity index (χ3v) is 8.53. The van der Waals surface area contributed by atoms with Crippen molar-refractivity contribution in [2.75, 3.05) is 45.0 Å². The van der Waals surface area contributed by atoms with Crippen molar-refractivity contribution in [2.45, 2.75) is 77.0 Å². The SMILES string of the molecule is CCC(=O)C(C(=O)c1nc(SC)nnc1N(Cc1ccc(OC)cc1)Cc1ccc(OC)cc1)N1CCN(C(=O)OC(C)(C)C)C[C@@H]1C. The highest BCUT2D eigenvalue weighted by atomic mass is 32.2. The fraction of sp³-hybridized carbons (Fsp3) is 0.486. The second-order valence-electron chi connectivity index (χ2n) is 12.6. The number of Topliss-reactive ketones (excluding diaryl/α,β-unsaturated/α-hetero) is 2. The molecule has 1 saturated heterocycles. The van der Waals surface area contributed by atoms with E-state index in [2.05, 4.69) is 15.2 Å². The molecule has 0 aliphatic carbocycles. The lowest BCUT2D eigenvalue weighted by molar-refractivity contribution is -0.124. The van der Waals surface area contributed by atoms with E-state index in [4.69, 9.17) is 14.2 Å². The van der Waals surface area contributed by atoms with Crippen LogP contribution in [0.2, 0.25) is 0 Å². The van der Waals surface area contributed by atoms with Crippen molar-refractivity contribution in [2.24, 2.45) is 0 Å². The van der Waals surface area contributed by atoms with Crippen molar-refractivity contribution in [3.05, 3.63) is 65.4 Å². The molecule has 4 rings (SSSR count). The summed E-state index contributed by atoms with van der Waals surface area (Å²) in [6, 6.07) is 13.9. The Bertz CT molecular complexity index is 1510. The van der Waals surface area contributed by atoms with E-state index in [1.165, 1.54) is 11.8 Å². The van der Waals surface area contributed by atoms with E-state index in [9.17, 15) is 14.4 Å². The molecule has 13 heteroatoms. The lowest BCUT2D eigenvalue weighted by atomic mass is 9.97. The summed E-state index contributed by atoms with van der Waals surface area (Å²) in [7, 11) is 3.23. The van der Waals surface area contributed by atoms with E-state index in [-0.39, 0.29) is 29.8 Å². The van der Waals surface area contributed by atoms with Crippen LogP contribution < -0.4 is 14.4 Å². The van der Waals surface area contributed by atoms with Gasteiger partial charge in [-0.05, 0) is 69.3 Å². The smallest absolute Gasteiger partial charge is 0.410 e. The maximum absolute atomic E-state index is 14.7. The predicted octanol–water partition coefficient (Wildman–Crippen LogP) is 5.29. The molecule has 12 nitrogen and oxygen atoms in total. The van der Waals surface area contributed by atoms with Crippen LogP contribution in [0.3, 0.4) is 0 Å². The summed E-state index contributed by atoms with van der Waals surface area (Å²) in [6.07, 6.45) is 1.54. The molecular formula is C35H46N6O6S. The number of piperazine rings is 1. The summed E-state index contributed by atoms with van der Waals surface area (Å²) >= 11 is 1.27. The zero-order chi connectivity index (χ0) is 35.0. The number of amides is 1. The molecule has 48 heavy (non-hydrogen) atoms. The lowest BCUT2D eigenvalue weighted by Crippen LogP contribution is -2.60. The van der Waals surface area contributed by atoms with Crippen LogP contribution in [0.5, 0.6) is 11.5 Å². The standard InChI is InChI=1S/C35H46N6O6S/c1-9-28(42)30(41-19-18-39(20-23(41)2)34(44)47-35(3,4)5)31(43)29-32(37-38-33(36-29)48-8)40(21-24-10-14-26(45-6)15-11-24)22-25-12-16-27(46-7)17-13-25/h10-17,23,30H,9,18-22H2,1-8H3/t23-,30?/m0/s1. The molecule has 3 aromatic rings. The average Bonchev–Trinajstić information content (AvgIpc) is 3.08.